The van der Waals surface area contributed by atoms with Crippen molar-refractivity contribution < 1.29 is 23.5 Å². The molecule has 0 aromatic heterocycles. The highest BCUT2D eigenvalue weighted by molar-refractivity contribution is 8.00. The van der Waals surface area contributed by atoms with Crippen molar-refractivity contribution in [3.8, 4) is 0 Å². The summed E-state index contributed by atoms with van der Waals surface area (Å²) in [5, 5.41) is 2.34. The second-order valence-electron chi connectivity index (χ2n) is 5.68. The molecule has 0 spiro atoms. The van der Waals surface area contributed by atoms with Crippen molar-refractivity contribution in [1.82, 2.24) is 4.90 Å². The number of thioether (sulfide) groups is 1. The Bertz CT molecular complexity index is 842. The van der Waals surface area contributed by atoms with E-state index in [9.17, 15) is 18.8 Å². The van der Waals surface area contributed by atoms with Crippen molar-refractivity contribution in [3.63, 3.8) is 0 Å². The van der Waals surface area contributed by atoms with Crippen LogP contribution in [0.15, 0.2) is 53.4 Å². The summed E-state index contributed by atoms with van der Waals surface area (Å²) < 4.78 is 18.5. The minimum Gasteiger partial charge on any atom is -0.452 e. The SMILES string of the molecule is CN(C)C(=O)CSc1ccccc1C(=O)OCC(=O)Nc1ccccc1F. The van der Waals surface area contributed by atoms with Gasteiger partial charge in [0.15, 0.2) is 6.61 Å². The molecule has 0 fully saturated rings. The molecular formula is C19H19FN2O4S. The van der Waals surface area contributed by atoms with E-state index in [0.29, 0.717) is 4.90 Å². The standard InChI is InChI=1S/C19H19FN2O4S/c1-22(2)18(24)12-27-16-10-6-3-7-13(16)19(25)26-11-17(23)21-15-9-5-4-8-14(15)20/h3-10H,11-12H2,1-2H3,(H,21,23). The second kappa shape index (κ2) is 9.72. The smallest absolute Gasteiger partial charge is 0.339 e. The predicted octanol–water partition coefficient (Wildman–Crippen LogP) is 2.80. The maximum absolute atomic E-state index is 13.5. The number of nitrogens with one attached hydrogen (secondary N) is 1. The number of nitrogens with zero attached hydrogens (tertiary/aromatic N) is 1. The maximum Gasteiger partial charge on any atom is 0.339 e. The molecule has 1 N–H and O–H groups in total. The number of ether oxygens (including phenoxy) is 1. The molecule has 0 aliphatic carbocycles. The Balaban J connectivity index is 1.95. The van der Waals surface area contributed by atoms with E-state index in [1.165, 1.54) is 34.9 Å². The lowest BCUT2D eigenvalue weighted by Gasteiger charge is -2.12. The van der Waals surface area contributed by atoms with Gasteiger partial charge in [0.05, 0.1) is 17.0 Å². The third kappa shape index (κ3) is 6.10. The van der Waals surface area contributed by atoms with E-state index < -0.39 is 24.3 Å². The lowest BCUT2D eigenvalue weighted by molar-refractivity contribution is -0.125. The van der Waals surface area contributed by atoms with E-state index in [4.69, 9.17) is 4.74 Å². The number of hydrogen-bond donors (Lipinski definition) is 1. The number of carbonyl (C=O) groups is 3. The number of amides is 2. The molecule has 6 nitrogen and oxygen atoms in total. The fraction of sp³-hybridized carbons (Fsp3) is 0.211. The summed E-state index contributed by atoms with van der Waals surface area (Å²) in [7, 11) is 3.30. The molecule has 0 aliphatic heterocycles. The Morgan fingerprint density at radius 3 is 2.44 bits per heavy atom. The fourth-order valence-corrected chi connectivity index (χ4v) is 3.01. The summed E-state index contributed by atoms with van der Waals surface area (Å²) in [5.41, 5.74) is 0.268. The quantitative estimate of drug-likeness (QED) is 0.581. The lowest BCUT2D eigenvalue weighted by atomic mass is 10.2. The summed E-state index contributed by atoms with van der Waals surface area (Å²) in [5.74, 6) is -1.84. The van der Waals surface area contributed by atoms with Crippen LogP contribution in [0.25, 0.3) is 0 Å². The van der Waals surface area contributed by atoms with Crippen LogP contribution in [-0.4, -0.2) is 49.1 Å². The molecule has 0 bridgehead atoms. The van der Waals surface area contributed by atoms with Crippen molar-refractivity contribution in [2.45, 2.75) is 4.90 Å². The molecule has 0 saturated heterocycles. The van der Waals surface area contributed by atoms with Crippen molar-refractivity contribution in [2.24, 2.45) is 0 Å². The summed E-state index contributed by atoms with van der Waals surface area (Å²) in [6.45, 7) is -0.553. The first-order valence-corrected chi connectivity index (χ1v) is 9.00. The number of rotatable bonds is 7. The summed E-state index contributed by atoms with van der Waals surface area (Å²) in [4.78, 5) is 37.9. The van der Waals surface area contributed by atoms with Gasteiger partial charge in [-0.2, -0.15) is 0 Å². The fourth-order valence-electron chi connectivity index (χ4n) is 1.99. The Hall–Kier alpha value is -2.87. The molecule has 0 heterocycles. The van der Waals surface area contributed by atoms with Crippen LogP contribution in [0, 0.1) is 5.82 Å². The van der Waals surface area contributed by atoms with Crippen molar-refractivity contribution >= 4 is 35.2 Å². The Morgan fingerprint density at radius 2 is 1.74 bits per heavy atom. The van der Waals surface area contributed by atoms with Crippen LogP contribution in [0.5, 0.6) is 0 Å². The minimum absolute atomic E-state index is 0.0108. The van der Waals surface area contributed by atoms with Crippen molar-refractivity contribution in [2.75, 3.05) is 31.8 Å². The van der Waals surface area contributed by atoms with Crippen LogP contribution < -0.4 is 5.32 Å². The number of benzene rings is 2. The highest BCUT2D eigenvalue weighted by Crippen LogP contribution is 2.23. The van der Waals surface area contributed by atoms with Crippen LogP contribution in [0.4, 0.5) is 10.1 Å². The van der Waals surface area contributed by atoms with Gasteiger partial charge in [0.25, 0.3) is 5.91 Å². The van der Waals surface area contributed by atoms with Crippen LogP contribution >= 0.6 is 11.8 Å². The normalized spacial score (nSPS) is 10.2. The molecule has 0 radical (unpaired) electrons. The largest absolute Gasteiger partial charge is 0.452 e. The van der Waals surface area contributed by atoms with Crippen LogP contribution in [0.3, 0.4) is 0 Å². The first-order chi connectivity index (χ1) is 12.9. The summed E-state index contributed by atoms with van der Waals surface area (Å²) >= 11 is 1.21. The third-order valence-electron chi connectivity index (χ3n) is 3.44. The lowest BCUT2D eigenvalue weighted by Crippen LogP contribution is -2.23. The second-order valence-corrected chi connectivity index (χ2v) is 6.69. The zero-order valence-corrected chi connectivity index (χ0v) is 15.7. The van der Waals surface area contributed by atoms with Gasteiger partial charge >= 0.3 is 5.97 Å². The molecule has 2 aromatic rings. The van der Waals surface area contributed by atoms with Gasteiger partial charge in [-0.25, -0.2) is 9.18 Å². The van der Waals surface area contributed by atoms with Crippen molar-refractivity contribution in [3.05, 3.63) is 59.9 Å². The summed E-state index contributed by atoms with van der Waals surface area (Å²) in [6, 6.07) is 12.3. The van der Waals surface area contributed by atoms with E-state index in [-0.39, 0.29) is 22.9 Å². The van der Waals surface area contributed by atoms with E-state index in [0.717, 1.165) is 0 Å². The number of esters is 1. The van der Waals surface area contributed by atoms with E-state index in [2.05, 4.69) is 5.32 Å². The van der Waals surface area contributed by atoms with Gasteiger partial charge in [-0.1, -0.05) is 24.3 Å². The number of hydrogen-bond acceptors (Lipinski definition) is 5. The van der Waals surface area contributed by atoms with Gasteiger partial charge < -0.3 is 15.0 Å². The third-order valence-corrected chi connectivity index (χ3v) is 4.50. The Kier molecular flexibility index (Phi) is 7.36. The van der Waals surface area contributed by atoms with Crippen LogP contribution in [0.1, 0.15) is 10.4 Å². The van der Waals surface area contributed by atoms with Crippen LogP contribution in [0.2, 0.25) is 0 Å². The number of halogens is 1. The Morgan fingerprint density at radius 1 is 1.07 bits per heavy atom. The monoisotopic (exact) mass is 390 g/mol. The van der Waals surface area contributed by atoms with E-state index >= 15 is 0 Å². The van der Waals surface area contributed by atoms with E-state index in [1.54, 1.807) is 44.4 Å². The van der Waals surface area contributed by atoms with Gasteiger partial charge in [-0.3, -0.25) is 9.59 Å². The first kappa shape index (κ1) is 20.4. The molecular weight excluding hydrogens is 371 g/mol. The van der Waals surface area contributed by atoms with Gasteiger partial charge in [0.2, 0.25) is 5.91 Å². The number of anilines is 1. The van der Waals surface area contributed by atoms with Crippen molar-refractivity contribution in [1.29, 1.82) is 0 Å². The average Bonchev–Trinajstić information content (AvgIpc) is 2.66. The molecule has 2 rings (SSSR count). The van der Waals surface area contributed by atoms with Gasteiger partial charge in [-0.05, 0) is 24.3 Å². The molecule has 0 saturated carbocycles. The Labute approximate surface area is 160 Å². The van der Waals surface area contributed by atoms with Gasteiger partial charge in [0.1, 0.15) is 5.82 Å². The van der Waals surface area contributed by atoms with Gasteiger partial charge in [-0.15, -0.1) is 11.8 Å². The van der Waals surface area contributed by atoms with Gasteiger partial charge in [0, 0.05) is 19.0 Å². The topological polar surface area (TPSA) is 75.7 Å². The molecule has 2 amide bonds. The predicted molar refractivity (Wildman–Crippen MR) is 101 cm³/mol. The highest BCUT2D eigenvalue weighted by atomic mass is 32.2. The minimum atomic E-state index is -0.695. The molecule has 0 unspecified atom stereocenters. The maximum atomic E-state index is 13.5. The first-order valence-electron chi connectivity index (χ1n) is 8.02. The summed E-state index contributed by atoms with van der Waals surface area (Å²) in [6.07, 6.45) is 0. The zero-order chi connectivity index (χ0) is 19.8. The molecule has 8 heteroatoms. The average molecular weight is 390 g/mol. The number of para-hydroxylation sites is 1. The molecule has 142 valence electrons. The molecule has 27 heavy (non-hydrogen) atoms. The molecule has 0 atom stereocenters. The van der Waals surface area contributed by atoms with E-state index in [1.807, 2.05) is 0 Å². The zero-order valence-electron chi connectivity index (χ0n) is 14.9. The number of carbonyl (C=O) groups excluding carboxylic acids is 3. The molecule has 0 aliphatic rings. The van der Waals surface area contributed by atoms with Crippen LogP contribution in [-0.2, 0) is 14.3 Å². The molecule has 2 aromatic carbocycles. The highest BCUT2D eigenvalue weighted by Gasteiger charge is 2.16.